The second-order valence-corrected chi connectivity index (χ2v) is 7.11. The van der Waals surface area contributed by atoms with E-state index in [1.807, 2.05) is 26.0 Å². The highest BCUT2D eigenvalue weighted by molar-refractivity contribution is 5.94. The molecule has 140 valence electrons. The van der Waals surface area contributed by atoms with Crippen LogP contribution in [0, 0.1) is 0 Å². The maximum atomic E-state index is 12.4. The van der Waals surface area contributed by atoms with Gasteiger partial charge in [0.05, 0.1) is 6.04 Å². The summed E-state index contributed by atoms with van der Waals surface area (Å²) < 4.78 is 7.48. The van der Waals surface area contributed by atoms with E-state index >= 15 is 0 Å². The molecule has 1 fully saturated rings. The molecule has 0 saturated heterocycles. The van der Waals surface area contributed by atoms with Gasteiger partial charge in [-0.15, -0.1) is 5.10 Å². The van der Waals surface area contributed by atoms with Crippen molar-refractivity contribution in [1.29, 1.82) is 0 Å². The minimum Gasteiger partial charge on any atom is -0.486 e. The zero-order valence-corrected chi connectivity index (χ0v) is 15.5. The van der Waals surface area contributed by atoms with Gasteiger partial charge in [0.2, 0.25) is 0 Å². The van der Waals surface area contributed by atoms with Gasteiger partial charge in [0.25, 0.3) is 5.91 Å². The predicted octanol–water partition coefficient (Wildman–Crippen LogP) is 3.29. The number of nitrogens with zero attached hydrogens (tertiary/aromatic N) is 4. The van der Waals surface area contributed by atoms with Crippen molar-refractivity contribution in [1.82, 2.24) is 25.5 Å². The summed E-state index contributed by atoms with van der Waals surface area (Å²) >= 11 is 0. The SMILES string of the molecule is CC(C)n1nnnc1COc1ccc(C(=O)NC2CCCCCC2)cc1. The first-order chi connectivity index (χ1) is 12.6. The molecule has 0 aliphatic heterocycles. The first kappa shape index (κ1) is 18.4. The second-order valence-electron chi connectivity index (χ2n) is 7.11. The van der Waals surface area contributed by atoms with Crippen LogP contribution in [0.1, 0.15) is 74.6 Å². The first-order valence-electron chi connectivity index (χ1n) is 9.44. The van der Waals surface area contributed by atoms with Crippen LogP contribution in [-0.2, 0) is 6.61 Å². The molecule has 1 aromatic carbocycles. The number of benzene rings is 1. The van der Waals surface area contributed by atoms with E-state index in [0.717, 1.165) is 12.8 Å². The molecule has 1 amide bonds. The Balaban J connectivity index is 1.54. The zero-order valence-electron chi connectivity index (χ0n) is 15.5. The van der Waals surface area contributed by atoms with E-state index in [9.17, 15) is 4.79 Å². The van der Waals surface area contributed by atoms with Gasteiger partial charge in [-0.25, -0.2) is 4.68 Å². The van der Waals surface area contributed by atoms with Crippen molar-refractivity contribution >= 4 is 5.91 Å². The zero-order chi connectivity index (χ0) is 18.4. The molecule has 1 heterocycles. The number of carbonyl (C=O) groups is 1. The maximum Gasteiger partial charge on any atom is 0.251 e. The molecule has 0 unspecified atom stereocenters. The average Bonchev–Trinajstić information content (AvgIpc) is 2.97. The van der Waals surface area contributed by atoms with Gasteiger partial charge in [-0.1, -0.05) is 25.7 Å². The van der Waals surface area contributed by atoms with E-state index in [1.54, 1.807) is 16.8 Å². The molecule has 0 spiro atoms. The van der Waals surface area contributed by atoms with Crippen LogP contribution in [0.2, 0.25) is 0 Å². The first-order valence-corrected chi connectivity index (χ1v) is 9.44. The second kappa shape index (κ2) is 8.78. The fourth-order valence-corrected chi connectivity index (χ4v) is 3.25. The van der Waals surface area contributed by atoms with E-state index < -0.39 is 0 Å². The summed E-state index contributed by atoms with van der Waals surface area (Å²) in [6.07, 6.45) is 7.12. The summed E-state index contributed by atoms with van der Waals surface area (Å²) in [6.45, 7) is 4.32. The standard InChI is InChI=1S/C19H27N5O2/c1-14(2)24-18(21-22-23-24)13-26-17-11-9-15(10-12-17)19(25)20-16-7-5-3-4-6-8-16/h9-12,14,16H,3-8,13H2,1-2H3,(H,20,25). The number of tetrazole rings is 1. The molecule has 1 aliphatic rings. The molecular weight excluding hydrogens is 330 g/mol. The summed E-state index contributed by atoms with van der Waals surface area (Å²) in [5.41, 5.74) is 0.661. The lowest BCUT2D eigenvalue weighted by molar-refractivity contribution is 0.0933. The largest absolute Gasteiger partial charge is 0.486 e. The third-order valence-electron chi connectivity index (χ3n) is 4.72. The molecule has 7 heteroatoms. The summed E-state index contributed by atoms with van der Waals surface area (Å²) in [5, 5.41) is 14.8. The minimum atomic E-state index is -0.00722. The molecular formula is C19H27N5O2. The molecule has 1 saturated carbocycles. The lowest BCUT2D eigenvalue weighted by Gasteiger charge is -2.16. The number of ether oxygens (including phenoxy) is 1. The van der Waals surface area contributed by atoms with Gasteiger partial charge >= 0.3 is 0 Å². The van der Waals surface area contributed by atoms with Crippen molar-refractivity contribution in [3.05, 3.63) is 35.7 Å². The summed E-state index contributed by atoms with van der Waals surface area (Å²) in [6, 6.07) is 7.70. The lowest BCUT2D eigenvalue weighted by Crippen LogP contribution is -2.34. The van der Waals surface area contributed by atoms with Crippen LogP contribution in [0.5, 0.6) is 5.75 Å². The van der Waals surface area contributed by atoms with Crippen molar-refractivity contribution in [2.45, 2.75) is 71.1 Å². The van der Waals surface area contributed by atoms with E-state index in [1.165, 1.54) is 25.7 Å². The number of hydrogen-bond donors (Lipinski definition) is 1. The number of aromatic nitrogens is 4. The Bertz CT molecular complexity index is 703. The fourth-order valence-electron chi connectivity index (χ4n) is 3.25. The van der Waals surface area contributed by atoms with Crippen LogP contribution >= 0.6 is 0 Å². The van der Waals surface area contributed by atoms with Crippen molar-refractivity contribution in [2.75, 3.05) is 0 Å². The summed E-state index contributed by atoms with van der Waals surface area (Å²) in [7, 11) is 0. The highest BCUT2D eigenvalue weighted by Gasteiger charge is 2.16. The maximum absolute atomic E-state index is 12.4. The molecule has 3 rings (SSSR count). The topological polar surface area (TPSA) is 81.9 Å². The molecule has 26 heavy (non-hydrogen) atoms. The van der Waals surface area contributed by atoms with E-state index in [-0.39, 0.29) is 11.9 Å². The van der Waals surface area contributed by atoms with E-state index in [0.29, 0.717) is 29.8 Å². The van der Waals surface area contributed by atoms with Crippen LogP contribution < -0.4 is 10.1 Å². The summed E-state index contributed by atoms with van der Waals surface area (Å²) in [5.74, 6) is 1.36. The van der Waals surface area contributed by atoms with Crippen LogP contribution in [-0.4, -0.2) is 32.2 Å². The van der Waals surface area contributed by atoms with Crippen molar-refractivity contribution in [3.63, 3.8) is 0 Å². The number of rotatable bonds is 6. The summed E-state index contributed by atoms with van der Waals surface area (Å²) in [4.78, 5) is 12.4. The predicted molar refractivity (Wildman–Crippen MR) is 97.9 cm³/mol. The Morgan fingerprint density at radius 2 is 1.88 bits per heavy atom. The Morgan fingerprint density at radius 3 is 2.54 bits per heavy atom. The lowest BCUT2D eigenvalue weighted by atomic mass is 10.1. The number of carbonyl (C=O) groups excluding carboxylic acids is 1. The molecule has 0 radical (unpaired) electrons. The number of amides is 1. The molecule has 1 N–H and O–H groups in total. The van der Waals surface area contributed by atoms with Crippen LogP contribution in [0.15, 0.2) is 24.3 Å². The van der Waals surface area contributed by atoms with Gasteiger partial charge in [0, 0.05) is 11.6 Å². The van der Waals surface area contributed by atoms with Gasteiger partial charge in [0.1, 0.15) is 12.4 Å². The van der Waals surface area contributed by atoms with Crippen LogP contribution in [0.25, 0.3) is 0 Å². The van der Waals surface area contributed by atoms with E-state index in [4.69, 9.17) is 4.74 Å². The molecule has 7 nitrogen and oxygen atoms in total. The quantitative estimate of drug-likeness (QED) is 0.802. The van der Waals surface area contributed by atoms with Gasteiger partial charge in [-0.05, 0) is 61.4 Å². The minimum absolute atomic E-state index is 0.00722. The fraction of sp³-hybridized carbons (Fsp3) is 0.579. The smallest absolute Gasteiger partial charge is 0.251 e. The van der Waals surface area contributed by atoms with Crippen molar-refractivity contribution in [2.24, 2.45) is 0 Å². The highest BCUT2D eigenvalue weighted by Crippen LogP contribution is 2.19. The monoisotopic (exact) mass is 357 g/mol. The van der Waals surface area contributed by atoms with Crippen molar-refractivity contribution < 1.29 is 9.53 Å². The van der Waals surface area contributed by atoms with Gasteiger partial charge in [-0.3, -0.25) is 4.79 Å². The highest BCUT2D eigenvalue weighted by atomic mass is 16.5. The number of nitrogens with one attached hydrogen (secondary N) is 1. The van der Waals surface area contributed by atoms with E-state index in [2.05, 4.69) is 20.8 Å². The van der Waals surface area contributed by atoms with Crippen LogP contribution in [0.4, 0.5) is 0 Å². The molecule has 1 aliphatic carbocycles. The molecule has 1 aromatic heterocycles. The Morgan fingerprint density at radius 1 is 1.19 bits per heavy atom. The Labute approximate surface area is 154 Å². The molecule has 2 aromatic rings. The average molecular weight is 357 g/mol. The van der Waals surface area contributed by atoms with Gasteiger partial charge in [-0.2, -0.15) is 0 Å². The van der Waals surface area contributed by atoms with Gasteiger partial charge < -0.3 is 10.1 Å². The molecule has 0 atom stereocenters. The third-order valence-corrected chi connectivity index (χ3v) is 4.72. The normalized spacial score (nSPS) is 15.7. The Kier molecular flexibility index (Phi) is 6.20. The third kappa shape index (κ3) is 4.80. The Hall–Kier alpha value is -2.44. The molecule has 0 bridgehead atoms. The van der Waals surface area contributed by atoms with Gasteiger partial charge in [0.15, 0.2) is 5.82 Å². The van der Waals surface area contributed by atoms with Crippen LogP contribution in [0.3, 0.4) is 0 Å². The van der Waals surface area contributed by atoms with Crippen molar-refractivity contribution in [3.8, 4) is 5.75 Å². The number of hydrogen-bond acceptors (Lipinski definition) is 5.